The second-order valence-electron chi connectivity index (χ2n) is 6.92. The Morgan fingerprint density at radius 1 is 1.11 bits per heavy atom. The third-order valence-corrected chi connectivity index (χ3v) is 4.93. The molecule has 0 radical (unpaired) electrons. The number of pyridine rings is 1. The van der Waals surface area contributed by atoms with Crippen molar-refractivity contribution in [2.75, 3.05) is 11.9 Å². The van der Waals surface area contributed by atoms with E-state index in [2.05, 4.69) is 20.5 Å². The second kappa shape index (κ2) is 6.90. The van der Waals surface area contributed by atoms with Crippen molar-refractivity contribution in [3.8, 4) is 17.0 Å². The number of nitrogens with one attached hydrogen (secondary N) is 1. The number of alkyl halides is 3. The number of phenolic OH excluding ortho intramolecular Hbond substituents is 1. The molecule has 4 rings (SSSR count). The Labute approximate surface area is 158 Å². The molecule has 3 aromatic rings. The molecule has 1 aliphatic carbocycles. The SMILES string of the molecule is Oc1cc(C(F)(F)F)ccc1-c1nnc(NCC2CC(O)C2)c2cnccc12. The van der Waals surface area contributed by atoms with Crippen molar-refractivity contribution in [1.82, 2.24) is 15.2 Å². The standard InChI is InChI=1S/C19H17F3N4O2/c20-19(21,22)11-1-2-14(16(28)7-11)17-13-3-4-23-9-15(13)18(26-25-17)24-8-10-5-12(27)6-10/h1-4,7,9-10,12,27-28H,5-6,8H2,(H,24,26). The number of hydrogen-bond donors (Lipinski definition) is 3. The van der Waals surface area contributed by atoms with E-state index < -0.39 is 17.5 Å². The first kappa shape index (κ1) is 18.4. The highest BCUT2D eigenvalue weighted by atomic mass is 19.4. The molecule has 28 heavy (non-hydrogen) atoms. The van der Waals surface area contributed by atoms with E-state index in [-0.39, 0.29) is 17.4 Å². The Morgan fingerprint density at radius 2 is 1.89 bits per heavy atom. The molecule has 0 spiro atoms. The lowest BCUT2D eigenvalue weighted by molar-refractivity contribution is -0.137. The van der Waals surface area contributed by atoms with Gasteiger partial charge < -0.3 is 15.5 Å². The summed E-state index contributed by atoms with van der Waals surface area (Å²) in [5.74, 6) is 0.327. The number of benzene rings is 1. The number of hydrogen-bond acceptors (Lipinski definition) is 6. The zero-order chi connectivity index (χ0) is 19.9. The highest BCUT2D eigenvalue weighted by molar-refractivity contribution is 6.00. The number of aromatic hydroxyl groups is 1. The third kappa shape index (κ3) is 3.45. The Balaban J connectivity index is 1.70. The first-order valence-corrected chi connectivity index (χ1v) is 8.76. The smallest absolute Gasteiger partial charge is 0.416 e. The van der Waals surface area contributed by atoms with Gasteiger partial charge in [0, 0.05) is 35.3 Å². The number of anilines is 1. The fourth-order valence-electron chi connectivity index (χ4n) is 3.34. The maximum Gasteiger partial charge on any atom is 0.416 e. The number of aliphatic hydroxyl groups is 1. The van der Waals surface area contributed by atoms with Crippen LogP contribution < -0.4 is 5.32 Å². The van der Waals surface area contributed by atoms with Gasteiger partial charge in [-0.3, -0.25) is 4.98 Å². The van der Waals surface area contributed by atoms with Crippen molar-refractivity contribution < 1.29 is 23.4 Å². The molecule has 0 bridgehead atoms. The zero-order valence-corrected chi connectivity index (χ0v) is 14.6. The van der Waals surface area contributed by atoms with E-state index in [9.17, 15) is 23.4 Å². The highest BCUT2D eigenvalue weighted by Gasteiger charge is 2.31. The summed E-state index contributed by atoms with van der Waals surface area (Å²) in [6.45, 7) is 0.626. The number of aliphatic hydroxyl groups excluding tert-OH is 1. The molecular formula is C19H17F3N4O2. The van der Waals surface area contributed by atoms with Gasteiger partial charge in [-0.25, -0.2) is 0 Å². The summed E-state index contributed by atoms with van der Waals surface area (Å²) in [6.07, 6.45) is -0.201. The number of fused-ring (bicyclic) bond motifs is 1. The quantitative estimate of drug-likeness (QED) is 0.631. The summed E-state index contributed by atoms with van der Waals surface area (Å²) in [5, 5.41) is 32.3. The lowest BCUT2D eigenvalue weighted by Gasteiger charge is -2.31. The monoisotopic (exact) mass is 390 g/mol. The summed E-state index contributed by atoms with van der Waals surface area (Å²) in [4.78, 5) is 4.09. The van der Waals surface area contributed by atoms with Gasteiger partial charge in [0.05, 0.1) is 11.7 Å². The number of phenols is 1. The van der Waals surface area contributed by atoms with Gasteiger partial charge in [-0.1, -0.05) is 0 Å². The van der Waals surface area contributed by atoms with Crippen molar-refractivity contribution in [1.29, 1.82) is 0 Å². The average molecular weight is 390 g/mol. The number of nitrogens with zero attached hydrogens (tertiary/aromatic N) is 3. The Bertz CT molecular complexity index is 1020. The van der Waals surface area contributed by atoms with Gasteiger partial charge in [-0.05, 0) is 43.0 Å². The number of rotatable bonds is 4. The summed E-state index contributed by atoms with van der Waals surface area (Å²) in [7, 11) is 0. The van der Waals surface area contributed by atoms with Gasteiger partial charge in [-0.15, -0.1) is 10.2 Å². The molecule has 146 valence electrons. The molecule has 1 aliphatic rings. The van der Waals surface area contributed by atoms with E-state index >= 15 is 0 Å². The van der Waals surface area contributed by atoms with Crippen LogP contribution in [0.5, 0.6) is 5.75 Å². The van der Waals surface area contributed by atoms with Gasteiger partial charge in [-0.2, -0.15) is 13.2 Å². The molecule has 2 heterocycles. The molecule has 9 heteroatoms. The molecular weight excluding hydrogens is 373 g/mol. The predicted octanol–water partition coefficient (Wildman–Crippen LogP) is 3.60. The molecule has 1 saturated carbocycles. The van der Waals surface area contributed by atoms with Crippen molar-refractivity contribution in [3.05, 3.63) is 42.2 Å². The predicted molar refractivity (Wildman–Crippen MR) is 96.7 cm³/mol. The van der Waals surface area contributed by atoms with E-state index in [0.29, 0.717) is 35.1 Å². The second-order valence-corrected chi connectivity index (χ2v) is 6.92. The van der Waals surface area contributed by atoms with Crippen LogP contribution >= 0.6 is 0 Å². The fourth-order valence-corrected chi connectivity index (χ4v) is 3.34. The molecule has 6 nitrogen and oxygen atoms in total. The fraction of sp³-hybridized carbons (Fsp3) is 0.316. The largest absolute Gasteiger partial charge is 0.507 e. The van der Waals surface area contributed by atoms with E-state index in [4.69, 9.17) is 0 Å². The van der Waals surface area contributed by atoms with Crippen molar-refractivity contribution in [3.63, 3.8) is 0 Å². The van der Waals surface area contributed by atoms with E-state index in [1.165, 1.54) is 6.07 Å². The van der Waals surface area contributed by atoms with E-state index in [1.54, 1.807) is 18.5 Å². The van der Waals surface area contributed by atoms with Crippen LogP contribution in [-0.2, 0) is 6.18 Å². The van der Waals surface area contributed by atoms with Crippen LogP contribution in [-0.4, -0.2) is 38.0 Å². The number of halogens is 3. The molecule has 0 amide bonds. The molecule has 3 N–H and O–H groups in total. The van der Waals surface area contributed by atoms with Crippen LogP contribution in [0.3, 0.4) is 0 Å². The van der Waals surface area contributed by atoms with Crippen LogP contribution in [0.1, 0.15) is 18.4 Å². The summed E-state index contributed by atoms with van der Waals surface area (Å²) < 4.78 is 38.5. The Hall–Kier alpha value is -2.94. The van der Waals surface area contributed by atoms with Crippen LogP contribution in [0.4, 0.5) is 19.0 Å². The van der Waals surface area contributed by atoms with Gasteiger partial charge in [0.1, 0.15) is 11.4 Å². The zero-order valence-electron chi connectivity index (χ0n) is 14.6. The van der Waals surface area contributed by atoms with Crippen LogP contribution in [0.15, 0.2) is 36.7 Å². The van der Waals surface area contributed by atoms with Crippen LogP contribution in [0.25, 0.3) is 22.0 Å². The molecule has 1 aromatic carbocycles. The minimum atomic E-state index is -4.55. The lowest BCUT2D eigenvalue weighted by Crippen LogP contribution is -2.33. The van der Waals surface area contributed by atoms with Crippen LogP contribution in [0, 0.1) is 5.92 Å². The van der Waals surface area contributed by atoms with Gasteiger partial charge in [0.25, 0.3) is 0 Å². The number of aromatic nitrogens is 3. The lowest BCUT2D eigenvalue weighted by atomic mass is 9.82. The van der Waals surface area contributed by atoms with E-state index in [1.807, 2.05) is 0 Å². The summed E-state index contributed by atoms with van der Waals surface area (Å²) in [5.41, 5.74) is -0.507. The van der Waals surface area contributed by atoms with Gasteiger partial charge >= 0.3 is 6.18 Å². The molecule has 0 atom stereocenters. The van der Waals surface area contributed by atoms with Gasteiger partial charge in [0.2, 0.25) is 0 Å². The first-order valence-electron chi connectivity index (χ1n) is 8.76. The third-order valence-electron chi connectivity index (χ3n) is 4.93. The minimum absolute atomic E-state index is 0.158. The van der Waals surface area contributed by atoms with Crippen molar-refractivity contribution in [2.45, 2.75) is 25.1 Å². The average Bonchev–Trinajstić information content (AvgIpc) is 2.63. The van der Waals surface area contributed by atoms with Crippen molar-refractivity contribution >= 4 is 16.6 Å². The highest BCUT2D eigenvalue weighted by Crippen LogP contribution is 2.38. The van der Waals surface area contributed by atoms with Crippen molar-refractivity contribution in [2.24, 2.45) is 5.92 Å². The molecule has 1 fully saturated rings. The van der Waals surface area contributed by atoms with Gasteiger partial charge in [0.15, 0.2) is 5.82 Å². The Morgan fingerprint density at radius 3 is 2.57 bits per heavy atom. The first-order chi connectivity index (χ1) is 13.3. The molecule has 0 saturated heterocycles. The summed E-state index contributed by atoms with van der Waals surface area (Å²) >= 11 is 0. The molecule has 0 aliphatic heterocycles. The Kier molecular flexibility index (Phi) is 4.54. The summed E-state index contributed by atoms with van der Waals surface area (Å²) in [6, 6.07) is 4.44. The molecule has 0 unspecified atom stereocenters. The van der Waals surface area contributed by atoms with E-state index in [0.717, 1.165) is 18.9 Å². The minimum Gasteiger partial charge on any atom is -0.507 e. The molecule has 2 aromatic heterocycles. The normalized spacial score (nSPS) is 19.4. The maximum atomic E-state index is 12.8. The topological polar surface area (TPSA) is 91.2 Å². The van der Waals surface area contributed by atoms with Crippen LogP contribution in [0.2, 0.25) is 0 Å². The maximum absolute atomic E-state index is 12.8.